The van der Waals surface area contributed by atoms with Crippen LogP contribution in [0.1, 0.15) is 43.4 Å². The number of amides is 1. The van der Waals surface area contributed by atoms with Crippen LogP contribution in [0.3, 0.4) is 0 Å². The third-order valence-electron chi connectivity index (χ3n) is 3.53. The molecule has 1 fully saturated rings. The van der Waals surface area contributed by atoms with Gasteiger partial charge in [0.15, 0.2) is 0 Å². The first-order valence-electron chi connectivity index (χ1n) is 6.71. The van der Waals surface area contributed by atoms with E-state index in [0.717, 1.165) is 30.5 Å². The summed E-state index contributed by atoms with van der Waals surface area (Å²) in [6.07, 6.45) is 2.78. The van der Waals surface area contributed by atoms with Crippen molar-refractivity contribution >= 4 is 5.91 Å². The van der Waals surface area contributed by atoms with Crippen molar-refractivity contribution in [3.05, 3.63) is 35.4 Å². The van der Waals surface area contributed by atoms with Gasteiger partial charge < -0.3 is 10.0 Å². The maximum Gasteiger partial charge on any atom is 0.223 e. The Bertz CT molecular complexity index is 496. The molecule has 1 atom stereocenters. The smallest absolute Gasteiger partial charge is 0.223 e. The van der Waals surface area contributed by atoms with Crippen molar-refractivity contribution in [3.8, 4) is 11.8 Å². The van der Waals surface area contributed by atoms with E-state index >= 15 is 0 Å². The van der Waals surface area contributed by atoms with Crippen LogP contribution in [-0.4, -0.2) is 29.1 Å². The van der Waals surface area contributed by atoms with Crippen molar-refractivity contribution in [1.82, 2.24) is 4.90 Å². The Morgan fingerprint density at radius 3 is 2.68 bits per heavy atom. The van der Waals surface area contributed by atoms with Crippen molar-refractivity contribution in [1.29, 1.82) is 0 Å². The highest BCUT2D eigenvalue weighted by Crippen LogP contribution is 2.24. The molecule has 1 aliphatic rings. The number of nitrogens with zero attached hydrogens (tertiary/aromatic N) is 1. The Morgan fingerprint density at radius 2 is 2.05 bits per heavy atom. The summed E-state index contributed by atoms with van der Waals surface area (Å²) >= 11 is 0. The average Bonchev–Trinajstić information content (AvgIpc) is 2.45. The van der Waals surface area contributed by atoms with E-state index in [1.807, 2.05) is 29.2 Å². The average molecular weight is 257 g/mol. The summed E-state index contributed by atoms with van der Waals surface area (Å²) in [6.45, 7) is 2.80. The van der Waals surface area contributed by atoms with Gasteiger partial charge in [-0.2, -0.15) is 0 Å². The van der Waals surface area contributed by atoms with Gasteiger partial charge in [-0.15, -0.1) is 0 Å². The lowest BCUT2D eigenvalue weighted by molar-refractivity contribution is -0.135. The number of hydrogen-bond donors (Lipinski definition) is 1. The van der Waals surface area contributed by atoms with Crippen LogP contribution in [0, 0.1) is 11.8 Å². The molecule has 1 amide bonds. The number of aliphatic hydroxyl groups excluding tert-OH is 1. The molecule has 19 heavy (non-hydrogen) atoms. The number of hydrogen-bond acceptors (Lipinski definition) is 2. The number of aliphatic hydroxyl groups is 1. The normalized spacial score (nSPS) is 16.7. The zero-order valence-electron chi connectivity index (χ0n) is 11.2. The molecule has 1 heterocycles. The Kier molecular flexibility index (Phi) is 4.59. The molecule has 0 saturated carbocycles. The second-order valence-electron chi connectivity index (χ2n) is 4.80. The van der Waals surface area contributed by atoms with E-state index in [9.17, 15) is 4.79 Å². The predicted octanol–water partition coefficient (Wildman–Crippen LogP) is 2.10. The van der Waals surface area contributed by atoms with E-state index in [1.165, 1.54) is 0 Å². The molecule has 1 unspecified atom stereocenters. The van der Waals surface area contributed by atoms with E-state index in [1.54, 1.807) is 0 Å². The second-order valence-corrected chi connectivity index (χ2v) is 4.80. The first-order chi connectivity index (χ1) is 9.22. The van der Waals surface area contributed by atoms with Gasteiger partial charge in [-0.25, -0.2) is 0 Å². The minimum absolute atomic E-state index is 0.118. The van der Waals surface area contributed by atoms with Crippen LogP contribution in [0.2, 0.25) is 0 Å². The van der Waals surface area contributed by atoms with Crippen LogP contribution >= 0.6 is 0 Å². The fraction of sp³-hybridized carbons (Fsp3) is 0.438. The molecule has 1 aromatic rings. The highest BCUT2D eigenvalue weighted by molar-refractivity contribution is 5.77. The number of benzene rings is 1. The maximum atomic E-state index is 11.9. The largest absolute Gasteiger partial charge is 0.384 e. The van der Waals surface area contributed by atoms with Gasteiger partial charge in [0.1, 0.15) is 6.61 Å². The molecule has 1 aromatic carbocycles. The Labute approximate surface area is 114 Å². The Balaban J connectivity index is 2.10. The molecule has 3 nitrogen and oxygen atoms in total. The zero-order valence-corrected chi connectivity index (χ0v) is 11.2. The van der Waals surface area contributed by atoms with Gasteiger partial charge in [-0.05, 0) is 37.5 Å². The maximum absolute atomic E-state index is 11.9. The summed E-state index contributed by atoms with van der Waals surface area (Å²) < 4.78 is 0. The molecule has 0 aromatic heterocycles. The predicted molar refractivity (Wildman–Crippen MR) is 74.4 cm³/mol. The van der Waals surface area contributed by atoms with E-state index in [2.05, 4.69) is 18.8 Å². The highest BCUT2D eigenvalue weighted by atomic mass is 16.2. The van der Waals surface area contributed by atoms with Crippen LogP contribution < -0.4 is 0 Å². The SMILES string of the molecule is CC(c1ccc(C#CCO)cc1)N1CCCCC1=O. The lowest BCUT2D eigenvalue weighted by Gasteiger charge is -2.32. The van der Waals surface area contributed by atoms with Gasteiger partial charge in [0.25, 0.3) is 0 Å². The number of rotatable bonds is 2. The van der Waals surface area contributed by atoms with Crippen molar-refractivity contribution < 1.29 is 9.90 Å². The zero-order chi connectivity index (χ0) is 13.7. The van der Waals surface area contributed by atoms with E-state index in [-0.39, 0.29) is 18.6 Å². The van der Waals surface area contributed by atoms with Crippen LogP contribution in [0.15, 0.2) is 24.3 Å². The number of carbonyl (C=O) groups is 1. The van der Waals surface area contributed by atoms with Crippen molar-refractivity contribution in [2.24, 2.45) is 0 Å². The van der Waals surface area contributed by atoms with E-state index in [4.69, 9.17) is 5.11 Å². The van der Waals surface area contributed by atoms with E-state index < -0.39 is 0 Å². The molecule has 100 valence electrons. The lowest BCUT2D eigenvalue weighted by Crippen LogP contribution is -2.37. The van der Waals surface area contributed by atoms with Gasteiger partial charge in [-0.3, -0.25) is 4.79 Å². The third kappa shape index (κ3) is 3.36. The minimum Gasteiger partial charge on any atom is -0.384 e. The van der Waals surface area contributed by atoms with Crippen molar-refractivity contribution in [2.75, 3.05) is 13.2 Å². The molecule has 0 radical (unpaired) electrons. The standard InChI is InChI=1S/C16H19NO2/c1-13(17-11-3-2-6-16(17)19)15-9-7-14(8-10-15)5-4-12-18/h7-10,13,18H,2-3,6,11-12H2,1H3. The number of carbonyl (C=O) groups excluding carboxylic acids is 1. The molecular weight excluding hydrogens is 238 g/mol. The third-order valence-corrected chi connectivity index (χ3v) is 3.53. The van der Waals surface area contributed by atoms with Gasteiger partial charge in [-0.1, -0.05) is 24.0 Å². The molecular formula is C16H19NO2. The monoisotopic (exact) mass is 257 g/mol. The van der Waals surface area contributed by atoms with Gasteiger partial charge in [0.2, 0.25) is 5.91 Å². The van der Waals surface area contributed by atoms with E-state index in [0.29, 0.717) is 6.42 Å². The molecule has 3 heteroatoms. The van der Waals surface area contributed by atoms with Crippen molar-refractivity contribution in [3.63, 3.8) is 0 Å². The number of likely N-dealkylation sites (tertiary alicyclic amines) is 1. The summed E-state index contributed by atoms with van der Waals surface area (Å²) in [4.78, 5) is 13.8. The topological polar surface area (TPSA) is 40.5 Å². The Morgan fingerprint density at radius 1 is 1.32 bits per heavy atom. The van der Waals surface area contributed by atoms with Crippen LogP contribution in [-0.2, 0) is 4.79 Å². The van der Waals surface area contributed by atoms with Gasteiger partial charge in [0, 0.05) is 18.5 Å². The second kappa shape index (κ2) is 6.40. The summed E-state index contributed by atoms with van der Waals surface area (Å²) in [7, 11) is 0. The first-order valence-corrected chi connectivity index (χ1v) is 6.71. The molecule has 1 aliphatic heterocycles. The molecule has 2 rings (SSSR count). The van der Waals surface area contributed by atoms with Crippen LogP contribution in [0.5, 0.6) is 0 Å². The Hall–Kier alpha value is -1.79. The lowest BCUT2D eigenvalue weighted by atomic mass is 10.0. The molecule has 0 spiro atoms. The highest BCUT2D eigenvalue weighted by Gasteiger charge is 2.23. The molecule has 0 bridgehead atoms. The summed E-state index contributed by atoms with van der Waals surface area (Å²) in [6, 6.07) is 8.00. The van der Waals surface area contributed by atoms with Gasteiger partial charge >= 0.3 is 0 Å². The first kappa shape index (κ1) is 13.6. The van der Waals surface area contributed by atoms with Crippen molar-refractivity contribution in [2.45, 2.75) is 32.2 Å². The fourth-order valence-corrected chi connectivity index (χ4v) is 2.40. The van der Waals surface area contributed by atoms with Gasteiger partial charge in [0.05, 0.1) is 6.04 Å². The molecule has 1 N–H and O–H groups in total. The summed E-state index contributed by atoms with van der Waals surface area (Å²) in [5.74, 6) is 5.75. The summed E-state index contributed by atoms with van der Waals surface area (Å²) in [5.41, 5.74) is 2.01. The summed E-state index contributed by atoms with van der Waals surface area (Å²) in [5, 5.41) is 8.65. The fourth-order valence-electron chi connectivity index (χ4n) is 2.40. The number of piperidine rings is 1. The van der Waals surface area contributed by atoms with Crippen LogP contribution in [0.4, 0.5) is 0 Å². The molecule has 1 saturated heterocycles. The molecule has 0 aliphatic carbocycles. The van der Waals surface area contributed by atoms with Crippen LogP contribution in [0.25, 0.3) is 0 Å². The minimum atomic E-state index is -0.125. The quantitative estimate of drug-likeness (QED) is 0.824.